The summed E-state index contributed by atoms with van der Waals surface area (Å²) in [5.41, 5.74) is 7.16. The largest absolute Gasteiger partial charge is 0.337 e. The van der Waals surface area contributed by atoms with Crippen LogP contribution in [0.1, 0.15) is 80.7 Å². The van der Waals surface area contributed by atoms with Crippen molar-refractivity contribution in [3.63, 3.8) is 0 Å². The number of hydrogen-bond acceptors (Lipinski definition) is 6. The molecule has 0 amide bonds. The molecule has 8 heteroatoms. The summed E-state index contributed by atoms with van der Waals surface area (Å²) in [5, 5.41) is 4.12. The molecule has 29 heavy (non-hydrogen) atoms. The molecule has 2 N–H and O–H groups in total. The van der Waals surface area contributed by atoms with Crippen molar-refractivity contribution in [1.82, 2.24) is 14.4 Å². The molecule has 1 aliphatic heterocycles. The molecule has 158 valence electrons. The van der Waals surface area contributed by atoms with Gasteiger partial charge >= 0.3 is 0 Å². The van der Waals surface area contributed by atoms with Crippen LogP contribution in [-0.4, -0.2) is 35.2 Å². The molecule has 2 atom stereocenters. The number of hydrogen-bond donors (Lipinski definition) is 1. The van der Waals surface area contributed by atoms with Gasteiger partial charge in [-0.15, -0.1) is 0 Å². The molecule has 0 spiro atoms. The fraction of sp³-hybridized carbons (Fsp3) is 0.619. The zero-order valence-electron chi connectivity index (χ0n) is 16.7. The quantitative estimate of drug-likeness (QED) is 0.769. The summed E-state index contributed by atoms with van der Waals surface area (Å²) >= 11 is 0. The minimum Gasteiger partial charge on any atom is -0.337 e. The first-order valence-electron chi connectivity index (χ1n) is 10.7. The van der Waals surface area contributed by atoms with Gasteiger partial charge < -0.3 is 10.3 Å². The minimum atomic E-state index is -3.36. The molecule has 4 rings (SSSR count). The molecule has 1 saturated carbocycles. The van der Waals surface area contributed by atoms with Crippen molar-refractivity contribution in [2.24, 2.45) is 11.7 Å². The highest BCUT2D eigenvalue weighted by Crippen LogP contribution is 2.34. The number of piperidine rings is 1. The van der Waals surface area contributed by atoms with E-state index < -0.39 is 16.1 Å². The third-order valence-corrected chi connectivity index (χ3v) is 8.21. The van der Waals surface area contributed by atoms with Gasteiger partial charge in [0.05, 0.1) is 11.8 Å². The first-order valence-corrected chi connectivity index (χ1v) is 12.3. The van der Waals surface area contributed by atoms with Crippen molar-refractivity contribution in [2.75, 3.05) is 12.3 Å². The first-order chi connectivity index (χ1) is 14.0. The lowest BCUT2D eigenvalue weighted by atomic mass is 9.91. The Bertz CT molecular complexity index is 894. The SMILES string of the molecule is N[C@H](c1ccccc1)c1nc([C@@H]2CCCCN2S(=O)(=O)CC2CCCCC2)no1. The van der Waals surface area contributed by atoms with E-state index in [9.17, 15) is 8.42 Å². The second kappa shape index (κ2) is 8.93. The zero-order chi connectivity index (χ0) is 20.3. The van der Waals surface area contributed by atoms with E-state index in [4.69, 9.17) is 10.3 Å². The third kappa shape index (κ3) is 4.70. The topological polar surface area (TPSA) is 102 Å². The average molecular weight is 419 g/mol. The van der Waals surface area contributed by atoms with Crippen LogP contribution in [0, 0.1) is 5.92 Å². The van der Waals surface area contributed by atoms with E-state index in [1.807, 2.05) is 30.3 Å². The lowest BCUT2D eigenvalue weighted by Gasteiger charge is -2.34. The van der Waals surface area contributed by atoms with E-state index in [-0.39, 0.29) is 17.7 Å². The number of nitrogens with zero attached hydrogens (tertiary/aromatic N) is 3. The van der Waals surface area contributed by atoms with Gasteiger partial charge in [0.1, 0.15) is 6.04 Å². The van der Waals surface area contributed by atoms with Crippen LogP contribution < -0.4 is 5.73 Å². The fourth-order valence-electron chi connectivity index (χ4n) is 4.56. The number of rotatable bonds is 6. The van der Waals surface area contributed by atoms with Gasteiger partial charge in [0, 0.05) is 6.54 Å². The smallest absolute Gasteiger partial charge is 0.248 e. The molecule has 0 bridgehead atoms. The van der Waals surface area contributed by atoms with E-state index in [1.54, 1.807) is 4.31 Å². The van der Waals surface area contributed by atoms with Gasteiger partial charge in [-0.2, -0.15) is 9.29 Å². The predicted molar refractivity (Wildman–Crippen MR) is 110 cm³/mol. The summed E-state index contributed by atoms with van der Waals surface area (Å²) in [5.74, 6) is 1.25. The molecule has 0 unspecified atom stereocenters. The molecular weight excluding hydrogens is 388 g/mol. The highest BCUT2D eigenvalue weighted by atomic mass is 32.2. The lowest BCUT2D eigenvalue weighted by Crippen LogP contribution is -2.41. The van der Waals surface area contributed by atoms with Crippen LogP contribution in [0.25, 0.3) is 0 Å². The normalized spacial score (nSPS) is 23.1. The number of aromatic nitrogens is 2. The maximum absolute atomic E-state index is 13.2. The molecule has 2 aliphatic rings. The molecule has 7 nitrogen and oxygen atoms in total. The Labute approximate surface area is 172 Å². The van der Waals surface area contributed by atoms with Crippen molar-refractivity contribution in [1.29, 1.82) is 0 Å². The van der Waals surface area contributed by atoms with E-state index in [0.29, 0.717) is 24.7 Å². The number of nitrogens with two attached hydrogens (primary N) is 1. The Morgan fingerprint density at radius 2 is 1.79 bits per heavy atom. The van der Waals surface area contributed by atoms with Crippen LogP contribution in [0.4, 0.5) is 0 Å². The van der Waals surface area contributed by atoms with Gasteiger partial charge in [-0.1, -0.05) is 61.2 Å². The van der Waals surface area contributed by atoms with Gasteiger partial charge in [-0.05, 0) is 37.2 Å². The van der Waals surface area contributed by atoms with Crippen molar-refractivity contribution >= 4 is 10.0 Å². The maximum Gasteiger partial charge on any atom is 0.248 e. The van der Waals surface area contributed by atoms with E-state index in [0.717, 1.165) is 44.1 Å². The molecule has 1 aromatic carbocycles. The summed E-state index contributed by atoms with van der Waals surface area (Å²) in [6.07, 6.45) is 8.04. The number of sulfonamides is 1. The fourth-order valence-corrected chi connectivity index (χ4v) is 6.67. The third-order valence-electron chi connectivity index (χ3n) is 6.16. The molecular formula is C21H30N4O3S. The summed E-state index contributed by atoms with van der Waals surface area (Å²) in [4.78, 5) is 4.51. The lowest BCUT2D eigenvalue weighted by molar-refractivity contribution is 0.237. The minimum absolute atomic E-state index is 0.234. The molecule has 2 heterocycles. The summed E-state index contributed by atoms with van der Waals surface area (Å²) < 4.78 is 33.5. The van der Waals surface area contributed by atoms with E-state index in [2.05, 4.69) is 10.1 Å². The highest BCUT2D eigenvalue weighted by Gasteiger charge is 2.37. The Balaban J connectivity index is 1.52. The average Bonchev–Trinajstić information content (AvgIpc) is 3.24. The van der Waals surface area contributed by atoms with Crippen LogP contribution in [0.3, 0.4) is 0 Å². The van der Waals surface area contributed by atoms with Crippen molar-refractivity contribution in [3.8, 4) is 0 Å². The Kier molecular flexibility index (Phi) is 6.32. The molecule has 2 aromatic rings. The monoisotopic (exact) mass is 418 g/mol. The van der Waals surface area contributed by atoms with Crippen molar-refractivity contribution in [2.45, 2.75) is 63.5 Å². The van der Waals surface area contributed by atoms with Gasteiger partial charge in [-0.3, -0.25) is 0 Å². The van der Waals surface area contributed by atoms with Crippen LogP contribution in [0.5, 0.6) is 0 Å². The summed E-state index contributed by atoms with van der Waals surface area (Å²) in [7, 11) is -3.36. The Morgan fingerprint density at radius 3 is 2.55 bits per heavy atom. The number of benzene rings is 1. The van der Waals surface area contributed by atoms with E-state index >= 15 is 0 Å². The maximum atomic E-state index is 13.2. The second-order valence-electron chi connectivity index (χ2n) is 8.28. The Hall–Kier alpha value is -1.77. The highest BCUT2D eigenvalue weighted by molar-refractivity contribution is 7.89. The van der Waals surface area contributed by atoms with Crippen LogP contribution in [0.2, 0.25) is 0 Å². The van der Waals surface area contributed by atoms with Crippen LogP contribution >= 0.6 is 0 Å². The Morgan fingerprint density at radius 1 is 1.07 bits per heavy atom. The van der Waals surface area contributed by atoms with Gasteiger partial charge in [-0.25, -0.2) is 8.42 Å². The van der Waals surface area contributed by atoms with Crippen LogP contribution in [-0.2, 0) is 10.0 Å². The zero-order valence-corrected chi connectivity index (χ0v) is 17.6. The summed E-state index contributed by atoms with van der Waals surface area (Å²) in [6, 6.07) is 8.69. The molecule has 1 saturated heterocycles. The van der Waals surface area contributed by atoms with Crippen molar-refractivity contribution < 1.29 is 12.9 Å². The summed E-state index contributed by atoms with van der Waals surface area (Å²) in [6.45, 7) is 0.522. The second-order valence-corrected chi connectivity index (χ2v) is 10.3. The molecule has 2 fully saturated rings. The molecule has 0 radical (unpaired) electrons. The predicted octanol–water partition coefficient (Wildman–Crippen LogP) is 3.55. The molecule has 1 aliphatic carbocycles. The van der Waals surface area contributed by atoms with Gasteiger partial charge in [0.15, 0.2) is 5.82 Å². The first kappa shape index (κ1) is 20.5. The molecule has 1 aromatic heterocycles. The van der Waals surface area contributed by atoms with Gasteiger partial charge in [0.25, 0.3) is 0 Å². The van der Waals surface area contributed by atoms with Crippen molar-refractivity contribution in [3.05, 3.63) is 47.6 Å². The van der Waals surface area contributed by atoms with E-state index in [1.165, 1.54) is 6.42 Å². The standard InChI is InChI=1S/C21H30N4O3S/c22-19(17-11-5-2-6-12-17)21-23-20(24-28-21)18-13-7-8-14-25(18)29(26,27)15-16-9-3-1-4-10-16/h2,5-6,11-12,16,18-19H,1,3-4,7-10,13-15,22H2/t18-,19+/m0/s1. The van der Waals surface area contributed by atoms with Crippen LogP contribution in [0.15, 0.2) is 34.9 Å². The van der Waals surface area contributed by atoms with Gasteiger partial charge in [0.2, 0.25) is 15.9 Å².